The van der Waals surface area contributed by atoms with E-state index < -0.39 is 34.7 Å². The van der Waals surface area contributed by atoms with Crippen molar-refractivity contribution in [3.05, 3.63) is 58.4 Å². The van der Waals surface area contributed by atoms with Crippen LogP contribution in [0.15, 0.2) is 30.3 Å². The van der Waals surface area contributed by atoms with E-state index in [4.69, 9.17) is 16.7 Å². The van der Waals surface area contributed by atoms with Crippen molar-refractivity contribution in [2.45, 2.75) is 0 Å². The third-order valence-corrected chi connectivity index (χ3v) is 2.64. The lowest BCUT2D eigenvalue weighted by molar-refractivity contribution is 0.0696. The molecule has 0 bridgehead atoms. The minimum Gasteiger partial charge on any atom is -0.478 e. The number of hydrogen-bond acceptors (Lipinski definition) is 2. The Kier molecular flexibility index (Phi) is 3.85. The molecule has 2 N–H and O–H groups in total. The average Bonchev–Trinajstić information content (AvgIpc) is 2.32. The number of halogens is 4. The Morgan fingerprint density at radius 1 is 1.05 bits per heavy atom. The largest absolute Gasteiger partial charge is 0.478 e. The van der Waals surface area contributed by atoms with Crippen molar-refractivity contribution >= 4 is 28.9 Å². The third-order valence-electron chi connectivity index (χ3n) is 2.42. The molecule has 0 unspecified atom stereocenters. The van der Waals surface area contributed by atoms with Gasteiger partial charge in [-0.25, -0.2) is 18.0 Å². The molecule has 0 spiro atoms. The lowest BCUT2D eigenvalue weighted by atomic mass is 10.1. The Morgan fingerprint density at radius 3 is 2.15 bits per heavy atom. The van der Waals surface area contributed by atoms with Crippen LogP contribution in [-0.2, 0) is 0 Å². The lowest BCUT2D eigenvalue weighted by Gasteiger charge is -2.10. The van der Waals surface area contributed by atoms with Gasteiger partial charge in [0.1, 0.15) is 11.5 Å². The summed E-state index contributed by atoms with van der Waals surface area (Å²) >= 11 is 5.62. The van der Waals surface area contributed by atoms with Gasteiger partial charge in [-0.1, -0.05) is 11.6 Å². The van der Waals surface area contributed by atoms with Crippen LogP contribution in [0.5, 0.6) is 0 Å². The van der Waals surface area contributed by atoms with Crippen LogP contribution >= 0.6 is 11.6 Å². The van der Waals surface area contributed by atoms with Gasteiger partial charge in [-0.3, -0.25) is 0 Å². The molecule has 2 rings (SSSR count). The molecule has 3 nitrogen and oxygen atoms in total. The topological polar surface area (TPSA) is 49.3 Å². The van der Waals surface area contributed by atoms with Crippen LogP contribution in [0.4, 0.5) is 24.5 Å². The maximum absolute atomic E-state index is 13.7. The first-order chi connectivity index (χ1) is 9.36. The molecule has 0 saturated carbocycles. The van der Waals surface area contributed by atoms with E-state index in [2.05, 4.69) is 5.32 Å². The van der Waals surface area contributed by atoms with Crippen LogP contribution in [0.3, 0.4) is 0 Å². The fourth-order valence-corrected chi connectivity index (χ4v) is 1.81. The summed E-state index contributed by atoms with van der Waals surface area (Å²) in [5, 5.41) is 11.0. The molecule has 0 aliphatic carbocycles. The Balaban J connectivity index is 2.41. The molecule has 20 heavy (non-hydrogen) atoms. The lowest BCUT2D eigenvalue weighted by Crippen LogP contribution is -2.03. The molecule has 0 amide bonds. The Labute approximate surface area is 116 Å². The fourth-order valence-electron chi connectivity index (χ4n) is 1.59. The van der Waals surface area contributed by atoms with Gasteiger partial charge in [-0.2, -0.15) is 0 Å². The molecule has 2 aromatic carbocycles. The monoisotopic (exact) mass is 301 g/mol. The number of nitrogens with one attached hydrogen (secondary N) is 1. The molecule has 7 heteroatoms. The zero-order chi connectivity index (χ0) is 14.9. The number of carbonyl (C=O) groups is 1. The van der Waals surface area contributed by atoms with Gasteiger partial charge < -0.3 is 10.4 Å². The first-order valence-corrected chi connectivity index (χ1v) is 5.70. The Hall–Kier alpha value is -2.21. The second-order valence-electron chi connectivity index (χ2n) is 3.90. The van der Waals surface area contributed by atoms with Gasteiger partial charge in [0.25, 0.3) is 0 Å². The maximum atomic E-state index is 13.7. The minimum absolute atomic E-state index is 0.0378. The van der Waals surface area contributed by atoms with Crippen LogP contribution in [0, 0.1) is 17.5 Å². The zero-order valence-corrected chi connectivity index (χ0v) is 10.5. The first-order valence-electron chi connectivity index (χ1n) is 5.32. The van der Waals surface area contributed by atoms with Crippen molar-refractivity contribution in [1.29, 1.82) is 0 Å². The van der Waals surface area contributed by atoms with E-state index in [1.807, 2.05) is 0 Å². The summed E-state index contributed by atoms with van der Waals surface area (Å²) in [5.41, 5.74) is -1.07. The molecular weight excluding hydrogens is 295 g/mol. The molecule has 0 aliphatic rings. The first kappa shape index (κ1) is 14.2. The molecule has 0 aromatic heterocycles. The standard InChI is InChI=1S/C13H7ClF3NO2/c14-7-3-8(15)5-9(4-7)18-12-10(16)1-6(13(19)20)2-11(12)17/h1-5,18H,(H,19,20). The van der Waals surface area contributed by atoms with Gasteiger partial charge in [-0.15, -0.1) is 0 Å². The summed E-state index contributed by atoms with van der Waals surface area (Å²) in [6, 6.07) is 4.63. The highest BCUT2D eigenvalue weighted by Crippen LogP contribution is 2.27. The number of rotatable bonds is 3. The second kappa shape index (κ2) is 5.42. The van der Waals surface area contributed by atoms with E-state index in [0.717, 1.165) is 12.1 Å². The summed E-state index contributed by atoms with van der Waals surface area (Å²) in [6.07, 6.45) is 0. The van der Waals surface area contributed by atoms with Crippen LogP contribution in [-0.4, -0.2) is 11.1 Å². The highest BCUT2D eigenvalue weighted by molar-refractivity contribution is 6.30. The van der Waals surface area contributed by atoms with Gasteiger partial charge in [0, 0.05) is 10.7 Å². The van der Waals surface area contributed by atoms with Crippen molar-refractivity contribution in [2.24, 2.45) is 0 Å². The highest BCUT2D eigenvalue weighted by atomic mass is 35.5. The summed E-state index contributed by atoms with van der Waals surface area (Å²) < 4.78 is 40.4. The van der Waals surface area contributed by atoms with Crippen LogP contribution in [0.25, 0.3) is 0 Å². The molecule has 2 aromatic rings. The van der Waals surface area contributed by atoms with Crippen molar-refractivity contribution in [1.82, 2.24) is 0 Å². The predicted octanol–water partition coefficient (Wildman–Crippen LogP) is 4.20. The number of aromatic carboxylic acids is 1. The zero-order valence-electron chi connectivity index (χ0n) is 9.75. The highest BCUT2D eigenvalue weighted by Gasteiger charge is 2.15. The third kappa shape index (κ3) is 3.03. The van der Waals surface area contributed by atoms with Crippen molar-refractivity contribution in [3.63, 3.8) is 0 Å². The smallest absolute Gasteiger partial charge is 0.335 e. The number of carboxylic acid groups (broad SMARTS) is 1. The molecule has 0 radical (unpaired) electrons. The van der Waals surface area contributed by atoms with E-state index >= 15 is 0 Å². The molecule has 104 valence electrons. The Bertz CT molecular complexity index is 648. The van der Waals surface area contributed by atoms with Crippen LogP contribution in [0.1, 0.15) is 10.4 Å². The molecule has 0 saturated heterocycles. The van der Waals surface area contributed by atoms with E-state index in [9.17, 15) is 18.0 Å². The quantitative estimate of drug-likeness (QED) is 0.893. The van der Waals surface area contributed by atoms with Crippen molar-refractivity contribution in [2.75, 3.05) is 5.32 Å². The Morgan fingerprint density at radius 2 is 1.65 bits per heavy atom. The van der Waals surface area contributed by atoms with Crippen molar-refractivity contribution < 1.29 is 23.1 Å². The van der Waals surface area contributed by atoms with Gasteiger partial charge >= 0.3 is 5.97 Å². The average molecular weight is 302 g/mol. The summed E-state index contributed by atoms with van der Waals surface area (Å²) in [7, 11) is 0. The van der Waals surface area contributed by atoms with E-state index in [1.54, 1.807) is 0 Å². The van der Waals surface area contributed by atoms with E-state index in [0.29, 0.717) is 12.1 Å². The maximum Gasteiger partial charge on any atom is 0.335 e. The van der Waals surface area contributed by atoms with E-state index in [1.165, 1.54) is 6.07 Å². The SMILES string of the molecule is O=C(O)c1cc(F)c(Nc2cc(F)cc(Cl)c2)c(F)c1. The molecule has 0 fully saturated rings. The summed E-state index contributed by atoms with van der Waals surface area (Å²) in [5.74, 6) is -4.35. The van der Waals surface area contributed by atoms with Gasteiger partial charge in [0.05, 0.1) is 5.56 Å². The molecular formula is C13H7ClF3NO2. The van der Waals surface area contributed by atoms with Gasteiger partial charge in [0.15, 0.2) is 11.6 Å². The van der Waals surface area contributed by atoms with Gasteiger partial charge in [-0.05, 0) is 30.3 Å². The fraction of sp³-hybridized carbons (Fsp3) is 0. The van der Waals surface area contributed by atoms with E-state index in [-0.39, 0.29) is 10.7 Å². The van der Waals surface area contributed by atoms with Crippen LogP contribution < -0.4 is 5.32 Å². The number of hydrogen-bond donors (Lipinski definition) is 2. The number of benzene rings is 2. The molecule has 0 atom stereocenters. The summed E-state index contributed by atoms with van der Waals surface area (Å²) in [6.45, 7) is 0. The normalized spacial score (nSPS) is 10.4. The minimum atomic E-state index is -1.46. The van der Waals surface area contributed by atoms with Gasteiger partial charge in [0.2, 0.25) is 0 Å². The molecule has 0 heterocycles. The number of carboxylic acids is 1. The summed E-state index contributed by atoms with van der Waals surface area (Å²) in [4.78, 5) is 10.6. The number of anilines is 2. The van der Waals surface area contributed by atoms with Crippen molar-refractivity contribution in [3.8, 4) is 0 Å². The predicted molar refractivity (Wildman–Crippen MR) is 68.0 cm³/mol. The van der Waals surface area contributed by atoms with Crippen LogP contribution in [0.2, 0.25) is 5.02 Å². The molecule has 0 aliphatic heterocycles. The second-order valence-corrected chi connectivity index (χ2v) is 4.34.